The predicted octanol–water partition coefficient (Wildman–Crippen LogP) is 2.19. The number of hydrogen-bond donors (Lipinski definition) is 1. The van der Waals surface area contributed by atoms with E-state index in [0.717, 1.165) is 17.0 Å². The molecule has 0 aliphatic carbocycles. The summed E-state index contributed by atoms with van der Waals surface area (Å²) in [7, 11) is 1.62. The summed E-state index contributed by atoms with van der Waals surface area (Å²) in [4.78, 5) is 13.7. The van der Waals surface area contributed by atoms with E-state index in [1.54, 1.807) is 12.0 Å². The van der Waals surface area contributed by atoms with Gasteiger partial charge in [-0.25, -0.2) is 0 Å². The number of methoxy groups -OCH3 is 1. The van der Waals surface area contributed by atoms with Gasteiger partial charge >= 0.3 is 0 Å². The fraction of sp³-hybridized carbons (Fsp3) is 0.188. The molecule has 0 heterocycles. The number of para-hydroxylation sites is 2. The van der Waals surface area contributed by atoms with Gasteiger partial charge in [-0.2, -0.15) is 0 Å². The fourth-order valence-electron chi connectivity index (χ4n) is 2.05. The molecule has 0 radical (unpaired) electrons. The molecule has 0 aliphatic rings. The van der Waals surface area contributed by atoms with Crippen LogP contribution in [0.1, 0.15) is 5.56 Å². The third kappa shape index (κ3) is 3.16. The third-order valence-electron chi connectivity index (χ3n) is 3.06. The highest BCUT2D eigenvalue weighted by Crippen LogP contribution is 2.23. The van der Waals surface area contributed by atoms with Crippen LogP contribution in [0.5, 0.6) is 5.75 Å². The van der Waals surface area contributed by atoms with Crippen molar-refractivity contribution in [3.63, 3.8) is 0 Å². The highest BCUT2D eigenvalue weighted by Gasteiger charge is 2.16. The van der Waals surface area contributed by atoms with Crippen LogP contribution in [0.3, 0.4) is 0 Å². The van der Waals surface area contributed by atoms with Crippen molar-refractivity contribution in [3.8, 4) is 5.75 Å². The van der Waals surface area contributed by atoms with Gasteiger partial charge in [-0.05, 0) is 18.2 Å². The lowest BCUT2D eigenvalue weighted by atomic mass is 10.1. The molecule has 0 saturated heterocycles. The lowest BCUT2D eigenvalue weighted by Crippen LogP contribution is -2.35. The Labute approximate surface area is 118 Å². The molecule has 0 bridgehead atoms. The van der Waals surface area contributed by atoms with Crippen molar-refractivity contribution >= 4 is 11.6 Å². The average Bonchev–Trinajstić information content (AvgIpc) is 2.53. The lowest BCUT2D eigenvalue weighted by molar-refractivity contribution is -0.117. The predicted molar refractivity (Wildman–Crippen MR) is 79.7 cm³/mol. The zero-order valence-corrected chi connectivity index (χ0v) is 11.5. The summed E-state index contributed by atoms with van der Waals surface area (Å²) in [5.41, 5.74) is 7.28. The molecule has 2 aromatic rings. The number of nitrogens with zero attached hydrogens (tertiary/aromatic N) is 1. The molecule has 2 N–H and O–H groups in total. The number of rotatable bonds is 5. The van der Waals surface area contributed by atoms with Crippen molar-refractivity contribution in [3.05, 3.63) is 60.2 Å². The smallest absolute Gasteiger partial charge is 0.241 e. The number of nitrogens with two attached hydrogens (primary N) is 1. The first-order chi connectivity index (χ1) is 9.76. The summed E-state index contributed by atoms with van der Waals surface area (Å²) in [5.74, 6) is 0.639. The molecule has 0 unspecified atom stereocenters. The van der Waals surface area contributed by atoms with E-state index in [1.807, 2.05) is 54.6 Å². The molecule has 0 atom stereocenters. The van der Waals surface area contributed by atoms with Crippen molar-refractivity contribution < 1.29 is 9.53 Å². The van der Waals surface area contributed by atoms with Crippen LogP contribution in [0.4, 0.5) is 5.69 Å². The van der Waals surface area contributed by atoms with Crippen LogP contribution in [0.2, 0.25) is 0 Å². The summed E-state index contributed by atoms with van der Waals surface area (Å²) >= 11 is 0. The number of carbonyl (C=O) groups is 1. The van der Waals surface area contributed by atoms with Crippen LogP contribution in [0.15, 0.2) is 54.6 Å². The Bertz CT molecular complexity index is 570. The van der Waals surface area contributed by atoms with Crippen molar-refractivity contribution in [2.75, 3.05) is 18.6 Å². The van der Waals surface area contributed by atoms with Gasteiger partial charge in [0.1, 0.15) is 5.75 Å². The maximum absolute atomic E-state index is 12.1. The molecule has 0 fully saturated rings. The van der Waals surface area contributed by atoms with Gasteiger partial charge in [0, 0.05) is 11.3 Å². The van der Waals surface area contributed by atoms with Crippen LogP contribution in [-0.4, -0.2) is 19.6 Å². The van der Waals surface area contributed by atoms with Crippen molar-refractivity contribution in [2.45, 2.75) is 6.54 Å². The monoisotopic (exact) mass is 270 g/mol. The van der Waals surface area contributed by atoms with Crippen LogP contribution in [0, 0.1) is 0 Å². The first kappa shape index (κ1) is 14.1. The zero-order chi connectivity index (χ0) is 14.4. The number of carbonyl (C=O) groups excluding carboxylic acids is 1. The SMILES string of the molecule is COc1ccccc1CN(C(=O)CN)c1ccccc1. The first-order valence-electron chi connectivity index (χ1n) is 6.43. The number of hydrogen-bond acceptors (Lipinski definition) is 3. The van der Waals surface area contributed by atoms with E-state index in [1.165, 1.54) is 0 Å². The molecule has 20 heavy (non-hydrogen) atoms. The molecular weight excluding hydrogens is 252 g/mol. The van der Waals surface area contributed by atoms with Crippen LogP contribution < -0.4 is 15.4 Å². The van der Waals surface area contributed by atoms with E-state index in [2.05, 4.69) is 0 Å². The van der Waals surface area contributed by atoms with Crippen LogP contribution in [0.25, 0.3) is 0 Å². The molecule has 104 valence electrons. The standard InChI is InChI=1S/C16H18N2O2/c1-20-15-10-6-5-7-13(15)12-18(16(19)11-17)14-8-3-2-4-9-14/h2-10H,11-12,17H2,1H3. The number of ether oxygens (including phenoxy) is 1. The lowest BCUT2D eigenvalue weighted by Gasteiger charge is -2.23. The second-order valence-corrected chi connectivity index (χ2v) is 4.33. The van der Waals surface area contributed by atoms with E-state index in [0.29, 0.717) is 6.54 Å². The van der Waals surface area contributed by atoms with Gasteiger partial charge in [0.15, 0.2) is 0 Å². The summed E-state index contributed by atoms with van der Waals surface area (Å²) in [6.07, 6.45) is 0. The molecule has 2 rings (SSSR count). The maximum atomic E-state index is 12.1. The van der Waals surface area contributed by atoms with E-state index >= 15 is 0 Å². The highest BCUT2D eigenvalue weighted by atomic mass is 16.5. The Morgan fingerprint density at radius 3 is 2.40 bits per heavy atom. The molecule has 0 saturated carbocycles. The van der Waals surface area contributed by atoms with Crippen molar-refractivity contribution in [1.29, 1.82) is 0 Å². The topological polar surface area (TPSA) is 55.6 Å². The third-order valence-corrected chi connectivity index (χ3v) is 3.06. The minimum Gasteiger partial charge on any atom is -0.496 e. The molecule has 4 heteroatoms. The van der Waals surface area contributed by atoms with Crippen LogP contribution >= 0.6 is 0 Å². The molecule has 0 aliphatic heterocycles. The second kappa shape index (κ2) is 6.73. The quantitative estimate of drug-likeness (QED) is 0.906. The van der Waals surface area contributed by atoms with E-state index in [9.17, 15) is 4.79 Å². The minimum absolute atomic E-state index is 0.0238. The van der Waals surface area contributed by atoms with Crippen LogP contribution in [-0.2, 0) is 11.3 Å². The fourth-order valence-corrected chi connectivity index (χ4v) is 2.05. The zero-order valence-electron chi connectivity index (χ0n) is 11.5. The normalized spacial score (nSPS) is 10.1. The molecular formula is C16H18N2O2. The summed E-state index contributed by atoms with van der Waals surface area (Å²) < 4.78 is 5.33. The summed E-state index contributed by atoms with van der Waals surface area (Å²) in [5, 5.41) is 0. The molecule has 2 aromatic carbocycles. The Kier molecular flexibility index (Phi) is 4.74. The summed E-state index contributed by atoms with van der Waals surface area (Å²) in [6.45, 7) is 0.411. The Morgan fingerprint density at radius 2 is 1.75 bits per heavy atom. The van der Waals surface area contributed by atoms with Crippen molar-refractivity contribution in [1.82, 2.24) is 0 Å². The number of benzene rings is 2. The van der Waals surface area contributed by atoms with Gasteiger partial charge < -0.3 is 15.4 Å². The summed E-state index contributed by atoms with van der Waals surface area (Å²) in [6, 6.07) is 17.1. The minimum atomic E-state index is -0.123. The number of amides is 1. The van der Waals surface area contributed by atoms with E-state index in [-0.39, 0.29) is 12.5 Å². The number of anilines is 1. The van der Waals surface area contributed by atoms with Crippen molar-refractivity contribution in [2.24, 2.45) is 5.73 Å². The van der Waals surface area contributed by atoms with Gasteiger partial charge in [0.05, 0.1) is 20.2 Å². The second-order valence-electron chi connectivity index (χ2n) is 4.33. The first-order valence-corrected chi connectivity index (χ1v) is 6.43. The maximum Gasteiger partial charge on any atom is 0.241 e. The Hall–Kier alpha value is -2.33. The molecule has 0 spiro atoms. The highest BCUT2D eigenvalue weighted by molar-refractivity contribution is 5.94. The molecule has 0 aromatic heterocycles. The van der Waals surface area contributed by atoms with E-state index in [4.69, 9.17) is 10.5 Å². The Morgan fingerprint density at radius 1 is 1.10 bits per heavy atom. The van der Waals surface area contributed by atoms with Gasteiger partial charge in [-0.1, -0.05) is 36.4 Å². The molecule has 1 amide bonds. The van der Waals surface area contributed by atoms with Gasteiger partial charge in [-0.3, -0.25) is 4.79 Å². The van der Waals surface area contributed by atoms with Gasteiger partial charge in [0.25, 0.3) is 0 Å². The Balaban J connectivity index is 2.31. The van der Waals surface area contributed by atoms with Gasteiger partial charge in [-0.15, -0.1) is 0 Å². The molecule has 4 nitrogen and oxygen atoms in total. The van der Waals surface area contributed by atoms with Gasteiger partial charge in [0.2, 0.25) is 5.91 Å². The average molecular weight is 270 g/mol. The largest absolute Gasteiger partial charge is 0.496 e. The van der Waals surface area contributed by atoms with E-state index < -0.39 is 0 Å².